The lowest BCUT2D eigenvalue weighted by atomic mass is 9.96. The maximum Gasteiger partial charge on any atom is 0.407 e. The van der Waals surface area contributed by atoms with E-state index in [2.05, 4.69) is 10.6 Å². The van der Waals surface area contributed by atoms with E-state index in [1.54, 1.807) is 0 Å². The molecule has 0 aromatic heterocycles. The average molecular weight is 551 g/mol. The molecule has 2 amide bonds. The fourth-order valence-corrected chi connectivity index (χ4v) is 4.85. The van der Waals surface area contributed by atoms with Crippen LogP contribution in [0.15, 0.2) is 121 Å². The van der Waals surface area contributed by atoms with Crippen LogP contribution in [-0.4, -0.2) is 36.5 Å². The summed E-state index contributed by atoms with van der Waals surface area (Å²) in [5, 5.41) is 6.03. The maximum atomic E-state index is 12.8. The van der Waals surface area contributed by atoms with E-state index in [9.17, 15) is 9.59 Å². The fraction of sp³-hybridized carbons (Fsp3) is 0.235. The number of rotatable bonds is 12. The quantitative estimate of drug-likeness (QED) is 0.217. The molecular formula is C34H34N2O5. The van der Waals surface area contributed by atoms with Crippen molar-refractivity contribution in [1.82, 2.24) is 10.6 Å². The summed E-state index contributed by atoms with van der Waals surface area (Å²) in [7, 11) is 0. The van der Waals surface area contributed by atoms with Gasteiger partial charge in [0.2, 0.25) is 0 Å². The minimum atomic E-state index is -0.515. The van der Waals surface area contributed by atoms with Crippen molar-refractivity contribution in [3.05, 3.63) is 144 Å². The van der Waals surface area contributed by atoms with Crippen LogP contribution in [0.25, 0.3) is 0 Å². The normalized spacial score (nSPS) is 17.1. The molecule has 5 rings (SSSR count). The SMILES string of the molecule is O=C(NC(Cc1ccccc1)C1OC1C(Cc1ccccc1)NC(=O)OCc1ccccc1)OCc1ccccc1. The van der Waals surface area contributed by atoms with Crippen LogP contribution < -0.4 is 10.6 Å². The number of ether oxygens (including phenoxy) is 3. The van der Waals surface area contributed by atoms with Crippen molar-refractivity contribution in [3.8, 4) is 0 Å². The minimum Gasteiger partial charge on any atom is -0.445 e. The molecule has 1 aliphatic heterocycles. The second kappa shape index (κ2) is 14.1. The summed E-state index contributed by atoms with van der Waals surface area (Å²) < 4.78 is 17.2. The molecule has 2 N–H and O–H groups in total. The van der Waals surface area contributed by atoms with E-state index in [-0.39, 0.29) is 37.5 Å². The molecule has 4 unspecified atom stereocenters. The number of epoxide rings is 1. The third-order valence-electron chi connectivity index (χ3n) is 6.98. The first-order chi connectivity index (χ1) is 20.1. The van der Waals surface area contributed by atoms with Gasteiger partial charge in [-0.25, -0.2) is 9.59 Å². The number of carbonyl (C=O) groups is 2. The van der Waals surface area contributed by atoms with Gasteiger partial charge in [0.05, 0.1) is 12.1 Å². The molecule has 4 atom stereocenters. The summed E-state index contributed by atoms with van der Waals surface area (Å²) in [4.78, 5) is 25.7. The van der Waals surface area contributed by atoms with Crippen molar-refractivity contribution >= 4 is 12.2 Å². The van der Waals surface area contributed by atoms with E-state index in [1.165, 1.54) is 0 Å². The van der Waals surface area contributed by atoms with Gasteiger partial charge in [0.25, 0.3) is 0 Å². The van der Waals surface area contributed by atoms with Gasteiger partial charge in [-0.1, -0.05) is 121 Å². The standard InChI is InChI=1S/C34H34N2O5/c37-33(39-23-27-17-9-3-10-18-27)35-29(21-25-13-5-1-6-14-25)31-32(41-31)30(22-26-15-7-2-8-16-26)36-34(38)40-24-28-19-11-4-12-20-28/h1-20,29-32H,21-24H2,(H,35,37)(H,36,38). The molecule has 0 saturated carbocycles. The van der Waals surface area contributed by atoms with Crippen LogP contribution in [0.5, 0.6) is 0 Å². The third kappa shape index (κ3) is 8.68. The predicted molar refractivity (Wildman–Crippen MR) is 156 cm³/mol. The molecule has 7 nitrogen and oxygen atoms in total. The van der Waals surface area contributed by atoms with Gasteiger partial charge in [0.1, 0.15) is 25.4 Å². The van der Waals surface area contributed by atoms with E-state index in [0.717, 1.165) is 22.3 Å². The van der Waals surface area contributed by atoms with Crippen molar-refractivity contribution in [3.63, 3.8) is 0 Å². The number of amides is 2. The molecule has 41 heavy (non-hydrogen) atoms. The second-order valence-corrected chi connectivity index (χ2v) is 10.1. The highest BCUT2D eigenvalue weighted by molar-refractivity contribution is 5.68. The Balaban J connectivity index is 1.26. The second-order valence-electron chi connectivity index (χ2n) is 10.1. The summed E-state index contributed by atoms with van der Waals surface area (Å²) in [6.45, 7) is 0.344. The Labute approximate surface area is 240 Å². The first kappa shape index (κ1) is 27.9. The molecule has 4 aromatic carbocycles. The number of hydrogen-bond acceptors (Lipinski definition) is 5. The molecule has 1 aliphatic rings. The zero-order chi connectivity index (χ0) is 28.3. The monoisotopic (exact) mass is 550 g/mol. The molecule has 1 heterocycles. The highest BCUT2D eigenvalue weighted by atomic mass is 16.6. The van der Waals surface area contributed by atoms with E-state index in [4.69, 9.17) is 14.2 Å². The van der Waals surface area contributed by atoms with Gasteiger partial charge in [-0.05, 0) is 35.1 Å². The van der Waals surface area contributed by atoms with Crippen LogP contribution in [0.2, 0.25) is 0 Å². The Morgan fingerprint density at radius 3 is 1.20 bits per heavy atom. The van der Waals surface area contributed by atoms with Crippen molar-refractivity contribution < 1.29 is 23.8 Å². The Bertz CT molecular complexity index is 1260. The minimum absolute atomic E-state index is 0.172. The summed E-state index contributed by atoms with van der Waals surface area (Å²) in [5.41, 5.74) is 3.93. The van der Waals surface area contributed by atoms with E-state index < -0.39 is 12.2 Å². The maximum absolute atomic E-state index is 12.8. The predicted octanol–water partition coefficient (Wildman–Crippen LogP) is 5.83. The molecule has 210 valence electrons. The smallest absolute Gasteiger partial charge is 0.407 e. The van der Waals surface area contributed by atoms with Crippen molar-refractivity contribution in [2.75, 3.05) is 0 Å². The van der Waals surface area contributed by atoms with Gasteiger partial charge < -0.3 is 24.8 Å². The zero-order valence-electron chi connectivity index (χ0n) is 22.7. The molecule has 0 aliphatic carbocycles. The van der Waals surface area contributed by atoms with Gasteiger partial charge in [-0.15, -0.1) is 0 Å². The van der Waals surface area contributed by atoms with Crippen LogP contribution in [0.1, 0.15) is 22.3 Å². The van der Waals surface area contributed by atoms with Crippen LogP contribution in [0.3, 0.4) is 0 Å². The summed E-state index contributed by atoms with van der Waals surface area (Å²) in [6.07, 6.45) is -0.555. The van der Waals surface area contributed by atoms with E-state index in [0.29, 0.717) is 12.8 Å². The fourth-order valence-electron chi connectivity index (χ4n) is 4.85. The number of hydrogen-bond donors (Lipinski definition) is 2. The van der Waals surface area contributed by atoms with Crippen molar-refractivity contribution in [1.29, 1.82) is 0 Å². The molecule has 1 saturated heterocycles. The van der Waals surface area contributed by atoms with E-state index in [1.807, 2.05) is 121 Å². The number of benzene rings is 4. The van der Waals surface area contributed by atoms with Crippen molar-refractivity contribution in [2.24, 2.45) is 0 Å². The Hall–Kier alpha value is -4.62. The largest absolute Gasteiger partial charge is 0.445 e. The zero-order valence-corrected chi connectivity index (χ0v) is 22.7. The van der Waals surface area contributed by atoms with Gasteiger partial charge in [-0.3, -0.25) is 0 Å². The summed E-state index contributed by atoms with van der Waals surface area (Å²) in [5.74, 6) is 0. The van der Waals surface area contributed by atoms with E-state index >= 15 is 0 Å². The molecule has 4 aromatic rings. The highest BCUT2D eigenvalue weighted by Crippen LogP contribution is 2.32. The Kier molecular flexibility index (Phi) is 9.63. The van der Waals surface area contributed by atoms with Crippen LogP contribution >= 0.6 is 0 Å². The lowest BCUT2D eigenvalue weighted by Gasteiger charge is -2.20. The van der Waals surface area contributed by atoms with Gasteiger partial charge in [-0.2, -0.15) is 0 Å². The summed E-state index contributed by atoms with van der Waals surface area (Å²) in [6, 6.07) is 38.2. The Morgan fingerprint density at radius 2 is 0.854 bits per heavy atom. The topological polar surface area (TPSA) is 89.2 Å². The van der Waals surface area contributed by atoms with Crippen molar-refractivity contribution in [2.45, 2.75) is 50.3 Å². The lowest BCUT2D eigenvalue weighted by molar-refractivity contribution is 0.133. The van der Waals surface area contributed by atoms with Crippen LogP contribution in [-0.2, 0) is 40.3 Å². The number of nitrogens with one attached hydrogen (secondary N) is 2. The molecule has 0 bridgehead atoms. The highest BCUT2D eigenvalue weighted by Gasteiger charge is 2.50. The molecule has 1 fully saturated rings. The van der Waals surface area contributed by atoms with Gasteiger partial charge in [0, 0.05) is 0 Å². The lowest BCUT2D eigenvalue weighted by Crippen LogP contribution is -2.46. The molecule has 7 heteroatoms. The van der Waals surface area contributed by atoms with Gasteiger partial charge in [0.15, 0.2) is 0 Å². The number of carbonyl (C=O) groups excluding carboxylic acids is 2. The molecule has 0 radical (unpaired) electrons. The average Bonchev–Trinajstić information content (AvgIpc) is 3.82. The van der Waals surface area contributed by atoms with Gasteiger partial charge >= 0.3 is 12.2 Å². The van der Waals surface area contributed by atoms with Crippen LogP contribution in [0, 0.1) is 0 Å². The molecular weight excluding hydrogens is 516 g/mol. The first-order valence-electron chi connectivity index (χ1n) is 13.8. The third-order valence-corrected chi connectivity index (χ3v) is 6.98. The van der Waals surface area contributed by atoms with Crippen LogP contribution in [0.4, 0.5) is 9.59 Å². The first-order valence-corrected chi connectivity index (χ1v) is 13.8. The Morgan fingerprint density at radius 1 is 0.537 bits per heavy atom. The number of alkyl carbamates (subject to hydrolysis) is 2. The molecule has 0 spiro atoms. The summed E-state index contributed by atoms with van der Waals surface area (Å²) >= 11 is 0.